The quantitative estimate of drug-likeness (QED) is 0.167. The van der Waals surface area contributed by atoms with E-state index in [2.05, 4.69) is 19.9 Å². The van der Waals surface area contributed by atoms with E-state index in [1.807, 2.05) is 39.8 Å². The lowest BCUT2D eigenvalue weighted by molar-refractivity contribution is -0.157. The molecule has 0 aromatic heterocycles. The Morgan fingerprint density at radius 3 is 2.59 bits per heavy atom. The fraction of sp³-hybridized carbons (Fsp3) is 0.742. The van der Waals surface area contributed by atoms with Crippen molar-refractivity contribution in [2.45, 2.75) is 130 Å². The fourth-order valence-corrected chi connectivity index (χ4v) is 5.15. The summed E-state index contributed by atoms with van der Waals surface area (Å²) < 4.78 is 17.0. The number of aliphatic hydroxyl groups excluding tert-OH is 2. The van der Waals surface area contributed by atoms with Crippen molar-refractivity contribution in [2.24, 2.45) is 17.3 Å². The van der Waals surface area contributed by atoms with Crippen molar-refractivity contribution in [3.8, 4) is 0 Å². The Morgan fingerprint density at radius 1 is 1.31 bits per heavy atom. The molecule has 0 saturated carbocycles. The van der Waals surface area contributed by atoms with Crippen molar-refractivity contribution < 1.29 is 39.1 Å². The molecule has 0 radical (unpaired) electrons. The van der Waals surface area contributed by atoms with E-state index in [1.165, 1.54) is 6.92 Å². The van der Waals surface area contributed by atoms with Gasteiger partial charge in [0.25, 0.3) is 0 Å². The minimum absolute atomic E-state index is 0.0834. The Hall–Kier alpha value is -2.00. The lowest BCUT2D eigenvalue weighted by Crippen LogP contribution is -2.42. The van der Waals surface area contributed by atoms with Gasteiger partial charge in [-0.05, 0) is 56.6 Å². The van der Waals surface area contributed by atoms with Gasteiger partial charge < -0.3 is 29.5 Å². The summed E-state index contributed by atoms with van der Waals surface area (Å²) in [6.07, 6.45) is 8.41. The molecule has 8 heteroatoms. The zero-order valence-electron chi connectivity index (χ0n) is 24.9. The highest BCUT2D eigenvalue weighted by Gasteiger charge is 2.46. The summed E-state index contributed by atoms with van der Waals surface area (Å²) in [5, 5.41) is 31.5. The van der Waals surface area contributed by atoms with Crippen molar-refractivity contribution in [2.75, 3.05) is 0 Å². The monoisotopic (exact) mass is 550 g/mol. The molecule has 9 atom stereocenters. The van der Waals surface area contributed by atoms with Crippen molar-refractivity contribution in [1.82, 2.24) is 0 Å². The molecule has 2 heterocycles. The van der Waals surface area contributed by atoms with Crippen molar-refractivity contribution in [3.63, 3.8) is 0 Å². The van der Waals surface area contributed by atoms with E-state index in [9.17, 15) is 24.9 Å². The van der Waals surface area contributed by atoms with Crippen LogP contribution in [0.2, 0.25) is 0 Å². The highest BCUT2D eigenvalue weighted by Crippen LogP contribution is 2.40. The van der Waals surface area contributed by atoms with Gasteiger partial charge in [-0.15, -0.1) is 0 Å². The number of cyclic esters (lactones) is 1. The lowest BCUT2D eigenvalue weighted by atomic mass is 9.84. The molecule has 1 fully saturated rings. The summed E-state index contributed by atoms with van der Waals surface area (Å²) >= 11 is 0. The lowest BCUT2D eigenvalue weighted by Gasteiger charge is -2.32. The normalized spacial score (nSPS) is 35.4. The van der Waals surface area contributed by atoms with Gasteiger partial charge in [0.05, 0.1) is 30.8 Å². The molecule has 2 aliphatic heterocycles. The van der Waals surface area contributed by atoms with E-state index in [0.29, 0.717) is 6.42 Å². The number of epoxide rings is 1. The summed E-state index contributed by atoms with van der Waals surface area (Å²) in [4.78, 5) is 24.3. The average molecular weight is 551 g/mol. The number of esters is 2. The van der Waals surface area contributed by atoms with Crippen molar-refractivity contribution in [1.29, 1.82) is 0 Å². The van der Waals surface area contributed by atoms with Gasteiger partial charge in [-0.25, -0.2) is 0 Å². The van der Waals surface area contributed by atoms with Crippen LogP contribution in [0.25, 0.3) is 0 Å². The molecule has 0 amide bonds. The minimum Gasteiger partial charge on any atom is -0.457 e. The van der Waals surface area contributed by atoms with Crippen LogP contribution in [0.5, 0.6) is 0 Å². The Kier molecular flexibility index (Phi) is 12.0. The topological polar surface area (TPSA) is 126 Å². The first kappa shape index (κ1) is 33.2. The molecular weight excluding hydrogens is 500 g/mol. The van der Waals surface area contributed by atoms with Crippen LogP contribution in [0.4, 0.5) is 0 Å². The molecule has 2 aliphatic rings. The third-order valence-electron chi connectivity index (χ3n) is 7.87. The van der Waals surface area contributed by atoms with Gasteiger partial charge in [0.2, 0.25) is 0 Å². The first-order chi connectivity index (χ1) is 18.1. The number of hydrogen-bond donors (Lipinski definition) is 3. The zero-order valence-corrected chi connectivity index (χ0v) is 24.9. The molecule has 3 N–H and O–H groups in total. The maximum absolute atomic E-state index is 12.6. The second-order valence-corrected chi connectivity index (χ2v) is 12.4. The van der Waals surface area contributed by atoms with Crippen LogP contribution in [-0.2, 0) is 23.8 Å². The van der Waals surface area contributed by atoms with Gasteiger partial charge >= 0.3 is 11.9 Å². The number of carbonyl (C=O) groups excluding carboxylic acids is 2. The van der Waals surface area contributed by atoms with Crippen LogP contribution < -0.4 is 0 Å². The smallest absolute Gasteiger partial charge is 0.309 e. The van der Waals surface area contributed by atoms with E-state index in [1.54, 1.807) is 19.1 Å². The van der Waals surface area contributed by atoms with E-state index in [-0.39, 0.29) is 54.8 Å². The SMILES string of the molecule is CCC(O)C(C)C1OC1CC(C)(C)/C=C/C=C(\C)C1OC(=O)CC(O)CCC(C)(O)C(OC(C)=O)/C=C/C1C. The number of rotatable bonds is 9. The molecule has 0 bridgehead atoms. The summed E-state index contributed by atoms with van der Waals surface area (Å²) in [7, 11) is 0. The van der Waals surface area contributed by atoms with Gasteiger partial charge in [0, 0.05) is 18.8 Å². The molecule has 222 valence electrons. The van der Waals surface area contributed by atoms with Crippen LogP contribution in [0, 0.1) is 17.3 Å². The molecule has 0 aliphatic carbocycles. The maximum atomic E-state index is 12.6. The number of ether oxygens (including phenoxy) is 3. The standard InChI is InChI=1S/C31H50O8/c1-9-24(34)21(4)29-25(38-29)18-30(6,7)15-10-11-19(2)28-20(3)12-13-26(37-22(5)32)31(8,36)16-14-23(33)17-27(35)39-28/h10-13,15,20-21,23-26,28-29,33-34,36H,9,14,16-18H2,1-8H3/b13-12+,15-10+,19-11+. The van der Waals surface area contributed by atoms with E-state index >= 15 is 0 Å². The minimum atomic E-state index is -1.41. The van der Waals surface area contributed by atoms with Gasteiger partial charge in [-0.2, -0.15) is 0 Å². The summed E-state index contributed by atoms with van der Waals surface area (Å²) in [6.45, 7) is 14.9. The van der Waals surface area contributed by atoms with Crippen LogP contribution in [0.1, 0.15) is 87.5 Å². The Bertz CT molecular complexity index is 918. The van der Waals surface area contributed by atoms with Crippen molar-refractivity contribution >= 4 is 11.9 Å². The largest absolute Gasteiger partial charge is 0.457 e. The molecule has 0 aromatic carbocycles. The summed E-state index contributed by atoms with van der Waals surface area (Å²) in [5.41, 5.74) is -0.735. The predicted molar refractivity (Wildman–Crippen MR) is 150 cm³/mol. The first-order valence-electron chi connectivity index (χ1n) is 14.2. The van der Waals surface area contributed by atoms with Crippen LogP contribution in [0.15, 0.2) is 36.0 Å². The molecule has 1 saturated heterocycles. The van der Waals surface area contributed by atoms with Crippen LogP contribution in [-0.4, -0.2) is 69.5 Å². The Balaban J connectivity index is 2.18. The predicted octanol–water partition coefficient (Wildman–Crippen LogP) is 4.41. The molecule has 39 heavy (non-hydrogen) atoms. The Morgan fingerprint density at radius 2 is 1.97 bits per heavy atom. The molecule has 8 nitrogen and oxygen atoms in total. The molecule has 2 rings (SSSR count). The number of allylic oxidation sites excluding steroid dienone is 3. The number of hydrogen-bond acceptors (Lipinski definition) is 8. The number of carbonyl (C=O) groups is 2. The second kappa shape index (κ2) is 14.1. The highest BCUT2D eigenvalue weighted by molar-refractivity contribution is 5.70. The highest BCUT2D eigenvalue weighted by atomic mass is 16.6. The average Bonchev–Trinajstić information content (AvgIpc) is 3.59. The van der Waals surface area contributed by atoms with E-state index in [0.717, 1.165) is 12.0 Å². The van der Waals surface area contributed by atoms with E-state index in [4.69, 9.17) is 14.2 Å². The van der Waals surface area contributed by atoms with Gasteiger partial charge in [0.1, 0.15) is 17.8 Å². The van der Waals surface area contributed by atoms with Crippen LogP contribution in [0.3, 0.4) is 0 Å². The third-order valence-corrected chi connectivity index (χ3v) is 7.87. The fourth-order valence-electron chi connectivity index (χ4n) is 5.15. The van der Waals surface area contributed by atoms with E-state index < -0.39 is 35.9 Å². The molecule has 9 unspecified atom stereocenters. The molecular formula is C31H50O8. The van der Waals surface area contributed by atoms with Gasteiger partial charge in [-0.3, -0.25) is 9.59 Å². The van der Waals surface area contributed by atoms with Crippen molar-refractivity contribution in [3.05, 3.63) is 36.0 Å². The third kappa shape index (κ3) is 10.5. The molecule has 0 spiro atoms. The zero-order chi connectivity index (χ0) is 29.5. The summed E-state index contributed by atoms with van der Waals surface area (Å²) in [5.74, 6) is -1.21. The maximum Gasteiger partial charge on any atom is 0.309 e. The van der Waals surface area contributed by atoms with Gasteiger partial charge in [0.15, 0.2) is 0 Å². The number of aliphatic hydroxyl groups is 3. The Labute approximate surface area is 234 Å². The summed E-state index contributed by atoms with van der Waals surface area (Å²) in [6, 6.07) is 0. The second-order valence-electron chi connectivity index (χ2n) is 12.4. The molecule has 0 aromatic rings. The first-order valence-corrected chi connectivity index (χ1v) is 14.2. The van der Waals surface area contributed by atoms with Gasteiger partial charge in [-0.1, -0.05) is 58.9 Å². The van der Waals surface area contributed by atoms with Crippen LogP contribution >= 0.6 is 0 Å².